The lowest BCUT2D eigenvalue weighted by Gasteiger charge is -2.27. The average Bonchev–Trinajstić information content (AvgIpc) is 2.76. The minimum Gasteiger partial charge on any atom is -0.376 e. The van der Waals surface area contributed by atoms with Crippen molar-refractivity contribution in [1.29, 1.82) is 0 Å². The summed E-state index contributed by atoms with van der Waals surface area (Å²) in [6.07, 6.45) is 3.65. The Balaban J connectivity index is 1.90. The molecular weight excluding hydrogens is 349 g/mol. The lowest BCUT2D eigenvalue weighted by atomic mass is 10.1. The summed E-state index contributed by atoms with van der Waals surface area (Å²) >= 11 is 3.84. The highest BCUT2D eigenvalue weighted by Gasteiger charge is 2.20. The number of thiophene rings is 1. The van der Waals surface area contributed by atoms with E-state index in [2.05, 4.69) is 22.6 Å². The zero-order valence-electron chi connectivity index (χ0n) is 9.82. The third-order valence-electron chi connectivity index (χ3n) is 2.91. The van der Waals surface area contributed by atoms with Gasteiger partial charge in [-0.1, -0.05) is 0 Å². The van der Waals surface area contributed by atoms with Crippen molar-refractivity contribution in [2.75, 3.05) is 20.2 Å². The molecule has 0 aliphatic carbocycles. The fraction of sp³-hybridized carbons (Fsp3) is 0.583. The van der Waals surface area contributed by atoms with Crippen LogP contribution in [0.15, 0.2) is 11.4 Å². The van der Waals surface area contributed by atoms with Crippen molar-refractivity contribution < 1.29 is 9.53 Å². The Bertz CT molecular complexity index is 388. The van der Waals surface area contributed by atoms with E-state index < -0.39 is 0 Å². The normalized spacial score (nSPS) is 20.2. The zero-order valence-corrected chi connectivity index (χ0v) is 12.8. The number of carbonyl (C=O) groups is 1. The number of hydrogen-bond donors (Lipinski definition) is 0. The van der Waals surface area contributed by atoms with Crippen LogP contribution in [0.2, 0.25) is 0 Å². The van der Waals surface area contributed by atoms with Gasteiger partial charge >= 0.3 is 0 Å². The monoisotopic (exact) mass is 365 g/mol. The van der Waals surface area contributed by atoms with Gasteiger partial charge in [0.05, 0.1) is 14.6 Å². The van der Waals surface area contributed by atoms with Gasteiger partial charge in [-0.05, 0) is 47.9 Å². The average molecular weight is 365 g/mol. The van der Waals surface area contributed by atoms with Crippen LogP contribution in [0.25, 0.3) is 0 Å². The van der Waals surface area contributed by atoms with Gasteiger partial charge in [0, 0.05) is 25.6 Å². The standard InChI is InChI=1S/C12H16INO2S/c1-14(7-10-4-2-3-5-16-10)12(15)9-6-11(13)17-8-9/h6,8,10H,2-5,7H2,1H3. The van der Waals surface area contributed by atoms with Crippen LogP contribution in [0.4, 0.5) is 0 Å². The largest absolute Gasteiger partial charge is 0.376 e. The van der Waals surface area contributed by atoms with Crippen LogP contribution in [0.1, 0.15) is 29.6 Å². The number of carbonyl (C=O) groups excluding carboxylic acids is 1. The molecule has 1 aromatic rings. The Hall–Kier alpha value is -0.140. The van der Waals surface area contributed by atoms with E-state index in [0.29, 0.717) is 6.54 Å². The Morgan fingerprint density at radius 2 is 2.47 bits per heavy atom. The third-order valence-corrected chi connectivity index (χ3v) is 4.70. The van der Waals surface area contributed by atoms with Crippen LogP contribution < -0.4 is 0 Å². The maximum Gasteiger partial charge on any atom is 0.254 e. The molecule has 1 aromatic heterocycles. The molecule has 5 heteroatoms. The fourth-order valence-electron chi connectivity index (χ4n) is 1.98. The SMILES string of the molecule is CN(CC1CCCCO1)C(=O)c1csc(I)c1. The summed E-state index contributed by atoms with van der Waals surface area (Å²) in [5, 5.41) is 1.92. The number of amides is 1. The summed E-state index contributed by atoms with van der Waals surface area (Å²) < 4.78 is 6.79. The molecule has 1 atom stereocenters. The summed E-state index contributed by atoms with van der Waals surface area (Å²) in [7, 11) is 1.85. The van der Waals surface area contributed by atoms with E-state index in [-0.39, 0.29) is 12.0 Å². The van der Waals surface area contributed by atoms with Crippen molar-refractivity contribution in [2.24, 2.45) is 0 Å². The topological polar surface area (TPSA) is 29.5 Å². The van der Waals surface area contributed by atoms with Crippen molar-refractivity contribution >= 4 is 39.8 Å². The van der Waals surface area contributed by atoms with Crippen molar-refractivity contribution in [3.8, 4) is 0 Å². The maximum atomic E-state index is 12.1. The van der Waals surface area contributed by atoms with Gasteiger partial charge in [0.1, 0.15) is 0 Å². The van der Waals surface area contributed by atoms with E-state index in [1.165, 1.54) is 6.42 Å². The van der Waals surface area contributed by atoms with Gasteiger partial charge in [-0.2, -0.15) is 0 Å². The zero-order chi connectivity index (χ0) is 12.3. The second-order valence-corrected chi connectivity index (χ2v) is 7.12. The summed E-state index contributed by atoms with van der Waals surface area (Å²) in [5.74, 6) is 0.0957. The third kappa shape index (κ3) is 3.66. The Morgan fingerprint density at radius 3 is 3.06 bits per heavy atom. The number of ether oxygens (including phenoxy) is 1. The fourth-order valence-corrected chi connectivity index (χ4v) is 3.30. The van der Waals surface area contributed by atoms with Gasteiger partial charge in [-0.3, -0.25) is 4.79 Å². The molecule has 0 aromatic carbocycles. The van der Waals surface area contributed by atoms with Crippen LogP contribution in [-0.2, 0) is 4.74 Å². The van der Waals surface area contributed by atoms with Gasteiger partial charge in [-0.25, -0.2) is 0 Å². The number of rotatable bonds is 3. The van der Waals surface area contributed by atoms with Crippen LogP contribution in [0.5, 0.6) is 0 Å². The van der Waals surface area contributed by atoms with Gasteiger partial charge in [-0.15, -0.1) is 11.3 Å². The summed E-state index contributed by atoms with van der Waals surface area (Å²) in [5.41, 5.74) is 0.790. The Labute approximate surface area is 119 Å². The molecule has 0 N–H and O–H groups in total. The summed E-state index contributed by atoms with van der Waals surface area (Å²) in [6.45, 7) is 1.54. The van der Waals surface area contributed by atoms with Gasteiger partial charge in [0.2, 0.25) is 0 Å². The van der Waals surface area contributed by atoms with E-state index in [1.807, 2.05) is 18.5 Å². The molecule has 1 amide bonds. The second-order valence-electron chi connectivity index (χ2n) is 4.31. The number of likely N-dealkylation sites (N-methyl/N-ethyl adjacent to an activating group) is 1. The molecule has 1 fully saturated rings. The molecule has 1 unspecified atom stereocenters. The van der Waals surface area contributed by atoms with E-state index in [9.17, 15) is 4.79 Å². The molecule has 0 spiro atoms. The predicted octanol–water partition coefficient (Wildman–Crippen LogP) is 2.99. The molecule has 0 radical (unpaired) electrons. The first kappa shape index (κ1) is 13.3. The van der Waals surface area contributed by atoms with E-state index in [0.717, 1.165) is 27.9 Å². The van der Waals surface area contributed by atoms with Crippen molar-refractivity contribution in [3.63, 3.8) is 0 Å². The van der Waals surface area contributed by atoms with Crippen molar-refractivity contribution in [2.45, 2.75) is 25.4 Å². The highest BCUT2D eigenvalue weighted by molar-refractivity contribution is 14.1. The van der Waals surface area contributed by atoms with Crippen LogP contribution in [0.3, 0.4) is 0 Å². The molecular formula is C12H16INO2S. The Kier molecular flexibility index (Phi) is 4.81. The molecule has 0 saturated carbocycles. The van der Waals surface area contributed by atoms with Crippen LogP contribution in [-0.4, -0.2) is 37.1 Å². The lowest BCUT2D eigenvalue weighted by molar-refractivity contribution is -0.000177. The Morgan fingerprint density at radius 1 is 1.65 bits per heavy atom. The highest BCUT2D eigenvalue weighted by atomic mass is 127. The number of hydrogen-bond acceptors (Lipinski definition) is 3. The van der Waals surface area contributed by atoms with Crippen LogP contribution in [0, 0.1) is 2.88 Å². The quantitative estimate of drug-likeness (QED) is 0.771. The van der Waals surface area contributed by atoms with E-state index in [1.54, 1.807) is 16.2 Å². The van der Waals surface area contributed by atoms with E-state index >= 15 is 0 Å². The molecule has 94 valence electrons. The molecule has 1 aliphatic heterocycles. The molecule has 1 saturated heterocycles. The number of halogens is 1. The molecule has 0 bridgehead atoms. The maximum absolute atomic E-state index is 12.1. The minimum absolute atomic E-state index is 0.0957. The molecule has 17 heavy (non-hydrogen) atoms. The van der Waals surface area contributed by atoms with E-state index in [4.69, 9.17) is 4.74 Å². The molecule has 2 rings (SSSR count). The summed E-state index contributed by atoms with van der Waals surface area (Å²) in [6, 6.07) is 1.94. The smallest absolute Gasteiger partial charge is 0.254 e. The van der Waals surface area contributed by atoms with Gasteiger partial charge in [0.25, 0.3) is 5.91 Å². The first-order valence-corrected chi connectivity index (χ1v) is 7.74. The first-order chi connectivity index (χ1) is 8.16. The van der Waals surface area contributed by atoms with Crippen molar-refractivity contribution in [1.82, 2.24) is 4.90 Å². The van der Waals surface area contributed by atoms with Gasteiger partial charge < -0.3 is 9.64 Å². The molecule has 3 nitrogen and oxygen atoms in total. The highest BCUT2D eigenvalue weighted by Crippen LogP contribution is 2.19. The molecule has 2 heterocycles. The minimum atomic E-state index is 0.0957. The van der Waals surface area contributed by atoms with Crippen LogP contribution >= 0.6 is 33.9 Å². The predicted molar refractivity (Wildman–Crippen MR) is 77.6 cm³/mol. The van der Waals surface area contributed by atoms with Crippen molar-refractivity contribution in [3.05, 3.63) is 19.9 Å². The number of nitrogens with zero attached hydrogens (tertiary/aromatic N) is 1. The first-order valence-electron chi connectivity index (χ1n) is 5.78. The summed E-state index contributed by atoms with van der Waals surface area (Å²) in [4.78, 5) is 13.9. The molecule has 1 aliphatic rings. The second kappa shape index (κ2) is 6.15. The van der Waals surface area contributed by atoms with Gasteiger partial charge in [0.15, 0.2) is 0 Å². The lowest BCUT2D eigenvalue weighted by Crippen LogP contribution is -2.36.